The maximum atomic E-state index is 4.17. The first-order chi connectivity index (χ1) is 8.58. The zero-order chi connectivity index (χ0) is 13.1. The number of nitrogens with zero attached hydrogens (tertiary/aromatic N) is 2. The van der Waals surface area contributed by atoms with E-state index in [-0.39, 0.29) is 0 Å². The number of nitrogens with one attached hydrogen (secondary N) is 1. The van der Waals surface area contributed by atoms with Gasteiger partial charge in [-0.05, 0) is 43.5 Å². The van der Waals surface area contributed by atoms with Gasteiger partial charge in [0, 0.05) is 25.8 Å². The second-order valence-corrected chi connectivity index (χ2v) is 4.89. The molecule has 0 aliphatic carbocycles. The molecule has 1 heterocycles. The fourth-order valence-electron chi connectivity index (χ4n) is 1.98. The van der Waals surface area contributed by atoms with Gasteiger partial charge in [-0.1, -0.05) is 18.2 Å². The van der Waals surface area contributed by atoms with Crippen molar-refractivity contribution < 1.29 is 0 Å². The summed E-state index contributed by atoms with van der Waals surface area (Å²) in [5.74, 6) is 0. The van der Waals surface area contributed by atoms with E-state index in [0.29, 0.717) is 6.04 Å². The predicted octanol–water partition coefficient (Wildman–Crippen LogP) is 2.89. The molecule has 18 heavy (non-hydrogen) atoms. The zero-order valence-corrected chi connectivity index (χ0v) is 11.6. The molecule has 0 radical (unpaired) electrons. The Kier molecular flexibility index (Phi) is 3.82. The highest BCUT2D eigenvalue weighted by Crippen LogP contribution is 2.17. The molecule has 0 bridgehead atoms. The number of rotatable bonds is 4. The van der Waals surface area contributed by atoms with Gasteiger partial charge < -0.3 is 5.32 Å². The molecule has 0 fully saturated rings. The SMILES string of the molecule is Cc1ccc(C(C)NCc2ccnn2C)cc1C. The summed E-state index contributed by atoms with van der Waals surface area (Å²) in [6.07, 6.45) is 1.83. The molecular formula is C15H21N3. The average molecular weight is 243 g/mol. The fraction of sp³-hybridized carbons (Fsp3) is 0.400. The summed E-state index contributed by atoms with van der Waals surface area (Å²) in [6.45, 7) is 7.34. The van der Waals surface area contributed by atoms with Crippen molar-refractivity contribution in [1.82, 2.24) is 15.1 Å². The van der Waals surface area contributed by atoms with Crippen LogP contribution >= 0.6 is 0 Å². The summed E-state index contributed by atoms with van der Waals surface area (Å²) >= 11 is 0. The molecule has 2 rings (SSSR count). The highest BCUT2D eigenvalue weighted by atomic mass is 15.3. The van der Waals surface area contributed by atoms with E-state index in [1.54, 1.807) is 0 Å². The normalized spacial score (nSPS) is 12.7. The van der Waals surface area contributed by atoms with Crippen molar-refractivity contribution >= 4 is 0 Å². The molecule has 3 heteroatoms. The standard InChI is InChI=1S/C15H21N3/c1-11-5-6-14(9-12(11)2)13(3)16-10-15-7-8-17-18(15)4/h5-9,13,16H,10H2,1-4H3. The number of aromatic nitrogens is 2. The van der Waals surface area contributed by atoms with E-state index in [1.807, 2.05) is 24.0 Å². The summed E-state index contributed by atoms with van der Waals surface area (Å²) in [4.78, 5) is 0. The second-order valence-electron chi connectivity index (χ2n) is 4.89. The van der Waals surface area contributed by atoms with Crippen LogP contribution < -0.4 is 5.32 Å². The van der Waals surface area contributed by atoms with Crippen LogP contribution in [0.5, 0.6) is 0 Å². The van der Waals surface area contributed by atoms with Crippen LogP contribution in [0.25, 0.3) is 0 Å². The minimum Gasteiger partial charge on any atom is -0.305 e. The van der Waals surface area contributed by atoms with E-state index in [1.165, 1.54) is 22.4 Å². The van der Waals surface area contributed by atoms with Crippen LogP contribution in [0.2, 0.25) is 0 Å². The first-order valence-electron chi connectivity index (χ1n) is 6.35. The van der Waals surface area contributed by atoms with E-state index >= 15 is 0 Å². The van der Waals surface area contributed by atoms with Crippen molar-refractivity contribution in [3.8, 4) is 0 Å². The zero-order valence-electron chi connectivity index (χ0n) is 11.6. The van der Waals surface area contributed by atoms with Gasteiger partial charge in [-0.15, -0.1) is 0 Å². The van der Waals surface area contributed by atoms with Crippen LogP contribution in [-0.2, 0) is 13.6 Å². The largest absolute Gasteiger partial charge is 0.305 e. The number of benzene rings is 1. The van der Waals surface area contributed by atoms with Crippen molar-refractivity contribution in [3.05, 3.63) is 52.8 Å². The average Bonchev–Trinajstić information content (AvgIpc) is 2.75. The molecule has 0 aliphatic heterocycles. The maximum absolute atomic E-state index is 4.17. The molecule has 0 amide bonds. The first kappa shape index (κ1) is 12.8. The van der Waals surface area contributed by atoms with E-state index in [4.69, 9.17) is 0 Å². The molecule has 0 saturated carbocycles. The summed E-state index contributed by atoms with van der Waals surface area (Å²) in [5.41, 5.74) is 5.23. The van der Waals surface area contributed by atoms with Crippen LogP contribution in [0.1, 0.15) is 35.3 Å². The minimum absolute atomic E-state index is 0.346. The highest BCUT2D eigenvalue weighted by Gasteiger charge is 2.07. The van der Waals surface area contributed by atoms with E-state index in [9.17, 15) is 0 Å². The van der Waals surface area contributed by atoms with Crippen molar-refractivity contribution in [1.29, 1.82) is 0 Å². The molecule has 0 aliphatic rings. The Hall–Kier alpha value is -1.61. The van der Waals surface area contributed by atoms with Crippen LogP contribution in [0.4, 0.5) is 0 Å². The van der Waals surface area contributed by atoms with E-state index in [2.05, 4.69) is 49.4 Å². The quantitative estimate of drug-likeness (QED) is 0.895. The lowest BCUT2D eigenvalue weighted by Gasteiger charge is -2.15. The summed E-state index contributed by atoms with van der Waals surface area (Å²) in [7, 11) is 1.97. The van der Waals surface area contributed by atoms with Crippen LogP contribution in [0, 0.1) is 13.8 Å². The van der Waals surface area contributed by atoms with Crippen molar-refractivity contribution in [2.45, 2.75) is 33.4 Å². The fourth-order valence-corrected chi connectivity index (χ4v) is 1.98. The Morgan fingerprint density at radius 3 is 2.61 bits per heavy atom. The van der Waals surface area contributed by atoms with Crippen LogP contribution in [0.15, 0.2) is 30.5 Å². The van der Waals surface area contributed by atoms with Crippen molar-refractivity contribution in [2.75, 3.05) is 0 Å². The van der Waals surface area contributed by atoms with Gasteiger partial charge in [0.15, 0.2) is 0 Å². The lowest BCUT2D eigenvalue weighted by molar-refractivity contribution is 0.548. The molecule has 0 saturated heterocycles. The smallest absolute Gasteiger partial charge is 0.0518 e. The molecule has 1 N–H and O–H groups in total. The highest BCUT2D eigenvalue weighted by molar-refractivity contribution is 5.31. The van der Waals surface area contributed by atoms with Gasteiger partial charge in [0.1, 0.15) is 0 Å². The number of hydrogen-bond acceptors (Lipinski definition) is 2. The van der Waals surface area contributed by atoms with Gasteiger partial charge in [-0.2, -0.15) is 5.10 Å². The van der Waals surface area contributed by atoms with Crippen molar-refractivity contribution in [3.63, 3.8) is 0 Å². The van der Waals surface area contributed by atoms with Gasteiger partial charge in [0.25, 0.3) is 0 Å². The third-order valence-corrected chi connectivity index (χ3v) is 3.54. The number of aryl methyl sites for hydroxylation is 3. The molecule has 1 aromatic carbocycles. The Morgan fingerprint density at radius 1 is 1.22 bits per heavy atom. The lowest BCUT2D eigenvalue weighted by atomic mass is 10.0. The van der Waals surface area contributed by atoms with Gasteiger partial charge in [-0.25, -0.2) is 0 Å². The summed E-state index contributed by atoms with van der Waals surface area (Å²) in [6, 6.07) is 9.03. The Labute approximate surface area is 109 Å². The van der Waals surface area contributed by atoms with Gasteiger partial charge in [0.05, 0.1) is 5.69 Å². The van der Waals surface area contributed by atoms with Crippen molar-refractivity contribution in [2.24, 2.45) is 7.05 Å². The Morgan fingerprint density at radius 2 is 2.00 bits per heavy atom. The molecule has 0 spiro atoms. The first-order valence-corrected chi connectivity index (χ1v) is 6.35. The number of hydrogen-bond donors (Lipinski definition) is 1. The molecule has 1 atom stereocenters. The predicted molar refractivity (Wildman–Crippen MR) is 74.4 cm³/mol. The van der Waals surface area contributed by atoms with Crippen LogP contribution in [0.3, 0.4) is 0 Å². The minimum atomic E-state index is 0.346. The van der Waals surface area contributed by atoms with Gasteiger partial charge >= 0.3 is 0 Å². The lowest BCUT2D eigenvalue weighted by Crippen LogP contribution is -2.19. The van der Waals surface area contributed by atoms with Gasteiger partial charge in [-0.3, -0.25) is 4.68 Å². The van der Waals surface area contributed by atoms with Gasteiger partial charge in [0.2, 0.25) is 0 Å². The molecule has 1 aromatic heterocycles. The maximum Gasteiger partial charge on any atom is 0.0518 e. The van der Waals surface area contributed by atoms with E-state index in [0.717, 1.165) is 6.54 Å². The summed E-state index contributed by atoms with van der Waals surface area (Å²) < 4.78 is 1.90. The topological polar surface area (TPSA) is 29.9 Å². The third-order valence-electron chi connectivity index (χ3n) is 3.54. The monoisotopic (exact) mass is 243 g/mol. The molecular weight excluding hydrogens is 222 g/mol. The molecule has 96 valence electrons. The summed E-state index contributed by atoms with van der Waals surface area (Å²) in [5, 5.41) is 7.70. The molecule has 2 aromatic rings. The third kappa shape index (κ3) is 2.79. The second kappa shape index (κ2) is 5.36. The van der Waals surface area contributed by atoms with E-state index < -0.39 is 0 Å². The van der Waals surface area contributed by atoms with Crippen LogP contribution in [-0.4, -0.2) is 9.78 Å². The molecule has 3 nitrogen and oxygen atoms in total. The molecule has 1 unspecified atom stereocenters. The Balaban J connectivity index is 2.01. The Bertz CT molecular complexity index is 528.